The van der Waals surface area contributed by atoms with Crippen molar-refractivity contribution in [2.24, 2.45) is 11.6 Å². The smallest absolute Gasteiger partial charge is 0.157 e. The average molecular weight is 99.1 g/mol. The van der Waals surface area contributed by atoms with Gasteiger partial charge in [-0.05, 0) is 0 Å². The first kappa shape index (κ1) is 6.08. The number of hydrogen-bond donors (Lipinski definition) is 2. The monoisotopic (exact) mass is 99.1 g/mol. The van der Waals surface area contributed by atoms with Gasteiger partial charge in [0, 0.05) is 7.05 Å². The van der Waals surface area contributed by atoms with Gasteiger partial charge in [-0.25, -0.2) is 5.84 Å². The van der Waals surface area contributed by atoms with Crippen molar-refractivity contribution in [3.8, 4) is 0 Å². The molecule has 3 heteroatoms. The van der Waals surface area contributed by atoms with Crippen LogP contribution in [0.2, 0.25) is 0 Å². The summed E-state index contributed by atoms with van der Waals surface area (Å²) in [6, 6.07) is 0. The second-order valence-electron chi connectivity index (χ2n) is 1.17. The third-order valence-corrected chi connectivity index (χ3v) is 0.561. The van der Waals surface area contributed by atoms with E-state index in [1.165, 1.54) is 5.01 Å². The lowest BCUT2D eigenvalue weighted by atomic mass is 10.7. The minimum absolute atomic E-state index is 0.347. The summed E-state index contributed by atoms with van der Waals surface area (Å²) >= 11 is 0. The van der Waals surface area contributed by atoms with Gasteiger partial charge in [0.15, 0.2) is 5.82 Å². The highest BCUT2D eigenvalue weighted by atomic mass is 15.4. The number of rotatable bonds is 1. The van der Waals surface area contributed by atoms with Gasteiger partial charge in [0.1, 0.15) is 0 Å². The summed E-state index contributed by atoms with van der Waals surface area (Å²) in [7, 11) is 1.62. The van der Waals surface area contributed by atoms with Gasteiger partial charge in [-0.2, -0.15) is 0 Å². The molecular formula is C4H9N3. The predicted molar refractivity (Wildman–Crippen MR) is 28.8 cm³/mol. The lowest BCUT2D eigenvalue weighted by Crippen LogP contribution is -2.29. The largest absolute Gasteiger partial charge is 0.378 e. The SMILES string of the molecule is C=C=C(N)N(C)N. The number of hydrogen-bond acceptors (Lipinski definition) is 3. The minimum Gasteiger partial charge on any atom is -0.378 e. The molecule has 0 spiro atoms. The van der Waals surface area contributed by atoms with E-state index in [0.29, 0.717) is 5.82 Å². The van der Waals surface area contributed by atoms with Gasteiger partial charge in [-0.15, -0.1) is 0 Å². The third-order valence-electron chi connectivity index (χ3n) is 0.561. The van der Waals surface area contributed by atoms with E-state index in [4.69, 9.17) is 11.6 Å². The van der Waals surface area contributed by atoms with Crippen molar-refractivity contribution in [1.82, 2.24) is 5.01 Å². The van der Waals surface area contributed by atoms with Crippen molar-refractivity contribution in [1.29, 1.82) is 0 Å². The molecule has 0 bridgehead atoms. The number of nitrogens with zero attached hydrogens (tertiary/aromatic N) is 1. The molecule has 0 fully saturated rings. The quantitative estimate of drug-likeness (QED) is 0.261. The Morgan fingerprint density at radius 1 is 1.86 bits per heavy atom. The van der Waals surface area contributed by atoms with Gasteiger partial charge in [-0.1, -0.05) is 12.3 Å². The zero-order chi connectivity index (χ0) is 5.86. The molecule has 0 heterocycles. The third kappa shape index (κ3) is 1.87. The fourth-order valence-corrected chi connectivity index (χ4v) is 0.125. The maximum absolute atomic E-state index is 5.16. The first-order valence-electron chi connectivity index (χ1n) is 1.82. The van der Waals surface area contributed by atoms with Crippen LogP contribution in [0.1, 0.15) is 0 Å². The Kier molecular flexibility index (Phi) is 1.99. The highest BCUT2D eigenvalue weighted by molar-refractivity contribution is 4.87. The molecule has 0 aliphatic carbocycles. The normalized spacial score (nSPS) is 7.14. The van der Waals surface area contributed by atoms with E-state index < -0.39 is 0 Å². The van der Waals surface area contributed by atoms with Crippen LogP contribution < -0.4 is 11.6 Å². The molecule has 0 saturated carbocycles. The molecular weight excluding hydrogens is 90.1 g/mol. The summed E-state index contributed by atoms with van der Waals surface area (Å²) in [4.78, 5) is 0. The predicted octanol–water partition coefficient (Wildman–Crippen LogP) is -0.623. The summed E-state index contributed by atoms with van der Waals surface area (Å²) in [6.07, 6.45) is 0. The molecule has 0 aromatic carbocycles. The van der Waals surface area contributed by atoms with Crippen LogP contribution in [0.25, 0.3) is 0 Å². The summed E-state index contributed by atoms with van der Waals surface area (Å²) in [5.74, 6) is 5.46. The molecule has 0 aromatic rings. The van der Waals surface area contributed by atoms with Crippen LogP contribution >= 0.6 is 0 Å². The zero-order valence-electron chi connectivity index (χ0n) is 4.31. The molecule has 7 heavy (non-hydrogen) atoms. The van der Waals surface area contributed by atoms with E-state index in [2.05, 4.69) is 12.3 Å². The van der Waals surface area contributed by atoms with Crippen molar-refractivity contribution in [2.45, 2.75) is 0 Å². The maximum atomic E-state index is 5.16. The van der Waals surface area contributed by atoms with Crippen molar-refractivity contribution >= 4 is 0 Å². The molecule has 0 aliphatic rings. The Hall–Kier alpha value is -0.920. The van der Waals surface area contributed by atoms with Crippen LogP contribution in [0, 0.1) is 0 Å². The van der Waals surface area contributed by atoms with Crippen LogP contribution in [0.5, 0.6) is 0 Å². The minimum atomic E-state index is 0.347. The highest BCUT2D eigenvalue weighted by Gasteiger charge is 1.83. The molecule has 0 aliphatic heterocycles. The highest BCUT2D eigenvalue weighted by Crippen LogP contribution is 1.75. The van der Waals surface area contributed by atoms with Gasteiger partial charge >= 0.3 is 0 Å². The Labute approximate surface area is 42.9 Å². The van der Waals surface area contributed by atoms with Gasteiger partial charge in [0.2, 0.25) is 0 Å². The first-order chi connectivity index (χ1) is 3.18. The van der Waals surface area contributed by atoms with Crippen molar-refractivity contribution < 1.29 is 0 Å². The Morgan fingerprint density at radius 2 is 2.29 bits per heavy atom. The van der Waals surface area contributed by atoms with Gasteiger partial charge < -0.3 is 5.73 Å². The van der Waals surface area contributed by atoms with Gasteiger partial charge in [0.25, 0.3) is 0 Å². The van der Waals surface area contributed by atoms with Gasteiger partial charge in [-0.3, -0.25) is 5.01 Å². The van der Waals surface area contributed by atoms with E-state index in [9.17, 15) is 0 Å². The second kappa shape index (κ2) is 2.29. The summed E-state index contributed by atoms with van der Waals surface area (Å²) in [5, 5.41) is 1.24. The molecule has 0 radical (unpaired) electrons. The van der Waals surface area contributed by atoms with Crippen LogP contribution in [-0.2, 0) is 0 Å². The molecule has 4 N–H and O–H groups in total. The molecule has 0 rings (SSSR count). The summed E-state index contributed by atoms with van der Waals surface area (Å²) in [5.41, 5.74) is 7.57. The molecule has 3 nitrogen and oxygen atoms in total. The summed E-state index contributed by atoms with van der Waals surface area (Å²) in [6.45, 7) is 3.27. The van der Waals surface area contributed by atoms with Crippen LogP contribution in [0.4, 0.5) is 0 Å². The fourth-order valence-electron chi connectivity index (χ4n) is 0.125. The molecule has 0 amide bonds. The Morgan fingerprint density at radius 3 is 2.29 bits per heavy atom. The molecule has 0 saturated heterocycles. The molecule has 0 unspecified atom stereocenters. The van der Waals surface area contributed by atoms with Crippen molar-refractivity contribution in [3.63, 3.8) is 0 Å². The van der Waals surface area contributed by atoms with Crippen molar-refractivity contribution in [2.75, 3.05) is 7.05 Å². The van der Waals surface area contributed by atoms with Crippen LogP contribution in [0.15, 0.2) is 18.1 Å². The first-order valence-corrected chi connectivity index (χ1v) is 1.82. The molecule has 0 atom stereocenters. The number of nitrogens with two attached hydrogens (primary N) is 2. The zero-order valence-corrected chi connectivity index (χ0v) is 4.31. The average Bonchev–Trinajstić information content (AvgIpc) is 1.65. The van der Waals surface area contributed by atoms with E-state index in [1.807, 2.05) is 0 Å². The van der Waals surface area contributed by atoms with Crippen molar-refractivity contribution in [3.05, 3.63) is 18.1 Å². The Bertz CT molecular complexity index is 99.5. The van der Waals surface area contributed by atoms with Crippen LogP contribution in [0.3, 0.4) is 0 Å². The fraction of sp³-hybridized carbons (Fsp3) is 0.250. The molecule has 0 aromatic heterocycles. The Balaban J connectivity index is 3.81. The van der Waals surface area contributed by atoms with Gasteiger partial charge in [0.05, 0.1) is 0 Å². The van der Waals surface area contributed by atoms with E-state index >= 15 is 0 Å². The lowest BCUT2D eigenvalue weighted by molar-refractivity contribution is 0.437. The maximum Gasteiger partial charge on any atom is 0.157 e. The van der Waals surface area contributed by atoms with E-state index in [1.54, 1.807) is 7.05 Å². The molecule has 40 valence electrons. The standard InChI is InChI=1S/C4H9N3/c1-3-4(5)7(2)6/h1,5-6H2,2H3. The van der Waals surface area contributed by atoms with Crippen LogP contribution in [-0.4, -0.2) is 12.1 Å². The number of hydrazine groups is 1. The second-order valence-corrected chi connectivity index (χ2v) is 1.17. The topological polar surface area (TPSA) is 55.3 Å². The van der Waals surface area contributed by atoms with E-state index in [0.717, 1.165) is 0 Å². The lowest BCUT2D eigenvalue weighted by Gasteiger charge is -2.07. The van der Waals surface area contributed by atoms with E-state index in [-0.39, 0.29) is 0 Å². The summed E-state index contributed by atoms with van der Waals surface area (Å²) < 4.78 is 0.